The third-order valence-corrected chi connectivity index (χ3v) is 2.75. The second-order valence-corrected chi connectivity index (χ2v) is 3.96. The SMILES string of the molecule is CCCNCC(=O)N(CCO)C(CC)CC. The maximum Gasteiger partial charge on any atom is 0.236 e. The molecule has 0 unspecified atom stereocenters. The Bertz CT molecular complexity index is 182. The number of nitrogens with zero attached hydrogens (tertiary/aromatic N) is 1. The zero-order valence-corrected chi connectivity index (χ0v) is 10.8. The van der Waals surface area contributed by atoms with E-state index in [4.69, 9.17) is 5.11 Å². The van der Waals surface area contributed by atoms with Gasteiger partial charge in [0.05, 0.1) is 13.2 Å². The van der Waals surface area contributed by atoms with Crippen molar-refractivity contribution < 1.29 is 9.90 Å². The fourth-order valence-corrected chi connectivity index (χ4v) is 1.82. The minimum Gasteiger partial charge on any atom is -0.395 e. The highest BCUT2D eigenvalue weighted by Crippen LogP contribution is 2.08. The predicted molar refractivity (Wildman–Crippen MR) is 66.3 cm³/mol. The number of aliphatic hydroxyl groups excluding tert-OH is 1. The van der Waals surface area contributed by atoms with Crippen LogP contribution in [0.3, 0.4) is 0 Å². The van der Waals surface area contributed by atoms with Crippen LogP contribution >= 0.6 is 0 Å². The van der Waals surface area contributed by atoms with E-state index >= 15 is 0 Å². The lowest BCUT2D eigenvalue weighted by molar-refractivity contribution is -0.133. The van der Waals surface area contributed by atoms with Gasteiger partial charge in [0.1, 0.15) is 0 Å². The Labute approximate surface area is 99.0 Å². The molecular weight excluding hydrogens is 204 g/mol. The second-order valence-electron chi connectivity index (χ2n) is 3.96. The largest absolute Gasteiger partial charge is 0.395 e. The van der Waals surface area contributed by atoms with Crippen LogP contribution in [0, 0.1) is 0 Å². The molecule has 4 nitrogen and oxygen atoms in total. The molecule has 0 saturated carbocycles. The molecule has 0 bridgehead atoms. The van der Waals surface area contributed by atoms with Gasteiger partial charge in [0, 0.05) is 12.6 Å². The Morgan fingerprint density at radius 1 is 1.31 bits per heavy atom. The Kier molecular flexibility index (Phi) is 9.24. The quantitative estimate of drug-likeness (QED) is 0.581. The van der Waals surface area contributed by atoms with E-state index in [-0.39, 0.29) is 18.6 Å². The molecule has 0 aromatic heterocycles. The highest BCUT2D eigenvalue weighted by Gasteiger charge is 2.19. The molecule has 4 heteroatoms. The third kappa shape index (κ3) is 5.47. The smallest absolute Gasteiger partial charge is 0.236 e. The zero-order chi connectivity index (χ0) is 12.4. The number of amides is 1. The summed E-state index contributed by atoms with van der Waals surface area (Å²) in [5, 5.41) is 12.1. The molecule has 0 radical (unpaired) electrons. The molecule has 0 aromatic rings. The van der Waals surface area contributed by atoms with Gasteiger partial charge in [-0.2, -0.15) is 0 Å². The highest BCUT2D eigenvalue weighted by atomic mass is 16.3. The van der Waals surface area contributed by atoms with Gasteiger partial charge in [0.2, 0.25) is 5.91 Å². The summed E-state index contributed by atoms with van der Waals surface area (Å²) in [5.41, 5.74) is 0. The molecular formula is C12H26N2O2. The summed E-state index contributed by atoms with van der Waals surface area (Å²) >= 11 is 0. The van der Waals surface area contributed by atoms with Crippen molar-refractivity contribution in [2.24, 2.45) is 0 Å². The minimum atomic E-state index is 0.0377. The van der Waals surface area contributed by atoms with Gasteiger partial charge in [-0.05, 0) is 25.8 Å². The molecule has 16 heavy (non-hydrogen) atoms. The van der Waals surface area contributed by atoms with E-state index in [1.54, 1.807) is 4.90 Å². The van der Waals surface area contributed by atoms with Crippen LogP contribution in [-0.2, 0) is 4.79 Å². The first-order valence-corrected chi connectivity index (χ1v) is 6.32. The average Bonchev–Trinajstić information content (AvgIpc) is 2.29. The van der Waals surface area contributed by atoms with Gasteiger partial charge in [-0.25, -0.2) is 0 Å². The van der Waals surface area contributed by atoms with Crippen molar-refractivity contribution in [2.45, 2.75) is 46.1 Å². The van der Waals surface area contributed by atoms with E-state index in [9.17, 15) is 4.79 Å². The van der Waals surface area contributed by atoms with E-state index in [0.717, 1.165) is 25.8 Å². The van der Waals surface area contributed by atoms with Crippen molar-refractivity contribution in [3.8, 4) is 0 Å². The maximum atomic E-state index is 11.9. The molecule has 0 atom stereocenters. The van der Waals surface area contributed by atoms with Crippen molar-refractivity contribution in [1.29, 1.82) is 0 Å². The van der Waals surface area contributed by atoms with Gasteiger partial charge in [0.25, 0.3) is 0 Å². The molecule has 0 aliphatic rings. The van der Waals surface area contributed by atoms with Gasteiger partial charge < -0.3 is 15.3 Å². The number of aliphatic hydroxyl groups is 1. The van der Waals surface area contributed by atoms with Crippen LogP contribution < -0.4 is 5.32 Å². The van der Waals surface area contributed by atoms with Crippen molar-refractivity contribution in [1.82, 2.24) is 10.2 Å². The van der Waals surface area contributed by atoms with Gasteiger partial charge >= 0.3 is 0 Å². The van der Waals surface area contributed by atoms with Gasteiger partial charge in [-0.15, -0.1) is 0 Å². The Morgan fingerprint density at radius 2 is 1.94 bits per heavy atom. The summed E-state index contributed by atoms with van der Waals surface area (Å²) in [6, 6.07) is 0.253. The topological polar surface area (TPSA) is 52.6 Å². The Morgan fingerprint density at radius 3 is 2.38 bits per heavy atom. The summed E-state index contributed by atoms with van der Waals surface area (Å²) in [6.07, 6.45) is 2.91. The van der Waals surface area contributed by atoms with E-state index in [2.05, 4.69) is 26.1 Å². The first-order valence-electron chi connectivity index (χ1n) is 6.32. The lowest BCUT2D eigenvalue weighted by Crippen LogP contribution is -2.45. The first kappa shape index (κ1) is 15.4. The molecule has 0 rings (SSSR count). The number of hydrogen-bond donors (Lipinski definition) is 2. The molecule has 96 valence electrons. The van der Waals surface area contributed by atoms with Crippen molar-refractivity contribution in [2.75, 3.05) is 26.2 Å². The van der Waals surface area contributed by atoms with Crippen LogP contribution in [-0.4, -0.2) is 48.2 Å². The van der Waals surface area contributed by atoms with Gasteiger partial charge in [-0.1, -0.05) is 20.8 Å². The second kappa shape index (κ2) is 9.60. The van der Waals surface area contributed by atoms with Crippen LogP contribution in [0.5, 0.6) is 0 Å². The van der Waals surface area contributed by atoms with E-state index in [1.807, 2.05) is 0 Å². The number of rotatable bonds is 9. The monoisotopic (exact) mass is 230 g/mol. The standard InChI is InChI=1S/C12H26N2O2/c1-4-7-13-10-12(16)14(8-9-15)11(5-2)6-3/h11,13,15H,4-10H2,1-3H3. The molecule has 0 aliphatic heterocycles. The number of hydrogen-bond acceptors (Lipinski definition) is 3. The molecule has 0 heterocycles. The summed E-state index contributed by atoms with van der Waals surface area (Å²) in [5.74, 6) is 0.0937. The van der Waals surface area contributed by atoms with Crippen molar-refractivity contribution >= 4 is 5.91 Å². The molecule has 0 spiro atoms. The lowest BCUT2D eigenvalue weighted by Gasteiger charge is -2.30. The van der Waals surface area contributed by atoms with Crippen LogP contribution in [0.25, 0.3) is 0 Å². The molecule has 2 N–H and O–H groups in total. The predicted octanol–water partition coefficient (Wildman–Crippen LogP) is 0.995. The molecule has 0 aliphatic carbocycles. The first-order chi connectivity index (χ1) is 7.71. The van der Waals surface area contributed by atoms with Crippen LogP contribution in [0.1, 0.15) is 40.0 Å². The zero-order valence-electron chi connectivity index (χ0n) is 10.8. The van der Waals surface area contributed by atoms with Gasteiger partial charge in [0.15, 0.2) is 0 Å². The summed E-state index contributed by atoms with van der Waals surface area (Å²) < 4.78 is 0. The van der Waals surface area contributed by atoms with Gasteiger partial charge in [-0.3, -0.25) is 4.79 Å². The molecule has 0 aromatic carbocycles. The average molecular weight is 230 g/mol. The lowest BCUT2D eigenvalue weighted by atomic mass is 10.1. The van der Waals surface area contributed by atoms with Crippen LogP contribution in [0.2, 0.25) is 0 Å². The van der Waals surface area contributed by atoms with Crippen molar-refractivity contribution in [3.05, 3.63) is 0 Å². The normalized spacial score (nSPS) is 10.8. The van der Waals surface area contributed by atoms with E-state index in [0.29, 0.717) is 13.1 Å². The molecule has 0 saturated heterocycles. The van der Waals surface area contributed by atoms with Crippen LogP contribution in [0.4, 0.5) is 0 Å². The fourth-order valence-electron chi connectivity index (χ4n) is 1.82. The van der Waals surface area contributed by atoms with Crippen molar-refractivity contribution in [3.63, 3.8) is 0 Å². The maximum absolute atomic E-state index is 11.9. The van der Waals surface area contributed by atoms with E-state index in [1.165, 1.54) is 0 Å². The minimum absolute atomic E-state index is 0.0377. The number of carbonyl (C=O) groups is 1. The Balaban J connectivity index is 4.21. The Hall–Kier alpha value is -0.610. The highest BCUT2D eigenvalue weighted by molar-refractivity contribution is 5.78. The molecule has 0 fully saturated rings. The van der Waals surface area contributed by atoms with E-state index < -0.39 is 0 Å². The summed E-state index contributed by atoms with van der Waals surface area (Å²) in [6.45, 7) is 7.95. The number of nitrogens with one attached hydrogen (secondary N) is 1. The fraction of sp³-hybridized carbons (Fsp3) is 0.917. The summed E-state index contributed by atoms with van der Waals surface area (Å²) in [7, 11) is 0. The third-order valence-electron chi connectivity index (χ3n) is 2.75. The number of carbonyl (C=O) groups excluding carboxylic acids is 1. The molecule has 1 amide bonds. The van der Waals surface area contributed by atoms with Crippen LogP contribution in [0.15, 0.2) is 0 Å². The summed E-state index contributed by atoms with van der Waals surface area (Å²) in [4.78, 5) is 13.7.